The number of nitrogens with one attached hydrogen (secondary N) is 2. The third kappa shape index (κ3) is 5.20. The summed E-state index contributed by atoms with van der Waals surface area (Å²) in [4.78, 5) is 28.0. The monoisotopic (exact) mass is 393 g/mol. The summed E-state index contributed by atoms with van der Waals surface area (Å²) in [6, 6.07) is 22.1. The molecule has 144 valence electrons. The first-order valence-corrected chi connectivity index (χ1v) is 9.96. The third-order valence-electron chi connectivity index (χ3n) is 4.36. The van der Waals surface area contributed by atoms with Crippen molar-refractivity contribution in [3.05, 3.63) is 88.6 Å². The number of thiophene rings is 1. The largest absolute Gasteiger partial charge is 0.373 e. The topological polar surface area (TPSA) is 61.4 Å². The van der Waals surface area contributed by atoms with E-state index in [1.807, 2.05) is 79.2 Å². The molecule has 1 aromatic heterocycles. The minimum Gasteiger partial charge on any atom is -0.373 e. The van der Waals surface area contributed by atoms with E-state index in [4.69, 9.17) is 0 Å². The van der Waals surface area contributed by atoms with Crippen LogP contribution in [0.5, 0.6) is 0 Å². The molecule has 0 aliphatic heterocycles. The SMILES string of the molecule is CN(CCNC(=O)C(NC(=O)c1cccs1)c1ccccc1)c1ccccc1. The zero-order chi connectivity index (χ0) is 19.8. The molecular formula is C22H23N3O2S. The van der Waals surface area contributed by atoms with Crippen LogP contribution in [0.15, 0.2) is 78.2 Å². The minimum atomic E-state index is -0.738. The second kappa shape index (κ2) is 9.71. The Morgan fingerprint density at radius 3 is 2.29 bits per heavy atom. The van der Waals surface area contributed by atoms with Crippen molar-refractivity contribution in [2.45, 2.75) is 6.04 Å². The summed E-state index contributed by atoms with van der Waals surface area (Å²) in [7, 11) is 1.98. The predicted octanol–water partition coefficient (Wildman–Crippen LogP) is 3.47. The van der Waals surface area contributed by atoms with Crippen LogP contribution in [0.4, 0.5) is 5.69 Å². The fourth-order valence-corrected chi connectivity index (χ4v) is 3.44. The van der Waals surface area contributed by atoms with Gasteiger partial charge in [-0.2, -0.15) is 0 Å². The summed E-state index contributed by atoms with van der Waals surface area (Å²) in [6.07, 6.45) is 0. The van der Waals surface area contributed by atoms with Gasteiger partial charge in [-0.15, -0.1) is 11.3 Å². The van der Waals surface area contributed by atoms with Crippen molar-refractivity contribution in [2.75, 3.05) is 25.0 Å². The molecule has 2 aromatic carbocycles. The van der Waals surface area contributed by atoms with Crippen LogP contribution >= 0.6 is 11.3 Å². The van der Waals surface area contributed by atoms with Crippen LogP contribution in [0, 0.1) is 0 Å². The molecular weight excluding hydrogens is 370 g/mol. The maximum Gasteiger partial charge on any atom is 0.262 e. The highest BCUT2D eigenvalue weighted by Gasteiger charge is 2.23. The Morgan fingerprint density at radius 2 is 1.64 bits per heavy atom. The quantitative estimate of drug-likeness (QED) is 0.616. The predicted molar refractivity (Wildman–Crippen MR) is 114 cm³/mol. The van der Waals surface area contributed by atoms with E-state index in [1.165, 1.54) is 11.3 Å². The van der Waals surface area contributed by atoms with Gasteiger partial charge in [0, 0.05) is 25.8 Å². The molecule has 2 amide bonds. The molecule has 3 rings (SSSR count). The fraction of sp³-hybridized carbons (Fsp3) is 0.182. The Balaban J connectivity index is 1.62. The Kier molecular flexibility index (Phi) is 6.81. The van der Waals surface area contributed by atoms with E-state index in [0.29, 0.717) is 18.0 Å². The van der Waals surface area contributed by atoms with Gasteiger partial charge in [0.25, 0.3) is 5.91 Å². The van der Waals surface area contributed by atoms with Crippen molar-refractivity contribution >= 4 is 28.8 Å². The lowest BCUT2D eigenvalue weighted by molar-refractivity contribution is -0.123. The first-order valence-electron chi connectivity index (χ1n) is 9.08. The summed E-state index contributed by atoms with van der Waals surface area (Å²) >= 11 is 1.35. The molecule has 28 heavy (non-hydrogen) atoms. The molecule has 3 aromatic rings. The number of hydrogen-bond donors (Lipinski definition) is 2. The van der Waals surface area contributed by atoms with Crippen LogP contribution in [0.1, 0.15) is 21.3 Å². The van der Waals surface area contributed by atoms with Gasteiger partial charge in [-0.25, -0.2) is 0 Å². The highest BCUT2D eigenvalue weighted by Crippen LogP contribution is 2.16. The molecule has 6 heteroatoms. The molecule has 0 saturated heterocycles. The fourth-order valence-electron chi connectivity index (χ4n) is 2.82. The maximum absolute atomic E-state index is 12.8. The van der Waals surface area contributed by atoms with Gasteiger partial charge in [0.15, 0.2) is 0 Å². The molecule has 0 spiro atoms. The van der Waals surface area contributed by atoms with E-state index in [1.54, 1.807) is 6.07 Å². The van der Waals surface area contributed by atoms with Gasteiger partial charge >= 0.3 is 0 Å². The van der Waals surface area contributed by atoms with Crippen LogP contribution in [0.25, 0.3) is 0 Å². The van der Waals surface area contributed by atoms with E-state index in [2.05, 4.69) is 15.5 Å². The van der Waals surface area contributed by atoms with Gasteiger partial charge < -0.3 is 15.5 Å². The lowest BCUT2D eigenvalue weighted by atomic mass is 10.1. The average molecular weight is 394 g/mol. The van der Waals surface area contributed by atoms with Gasteiger partial charge in [-0.1, -0.05) is 54.6 Å². The number of benzene rings is 2. The Bertz CT molecular complexity index is 883. The van der Waals surface area contributed by atoms with E-state index < -0.39 is 6.04 Å². The molecule has 1 heterocycles. The lowest BCUT2D eigenvalue weighted by Gasteiger charge is -2.22. The molecule has 0 aliphatic rings. The first kappa shape index (κ1) is 19.6. The van der Waals surface area contributed by atoms with Gasteiger partial charge in [-0.05, 0) is 29.1 Å². The van der Waals surface area contributed by atoms with Crippen molar-refractivity contribution in [3.63, 3.8) is 0 Å². The molecule has 0 fully saturated rings. The normalized spacial score (nSPS) is 11.5. The molecule has 0 bridgehead atoms. The second-order valence-electron chi connectivity index (χ2n) is 6.34. The Hall–Kier alpha value is -3.12. The summed E-state index contributed by atoms with van der Waals surface area (Å²) in [6.45, 7) is 1.14. The molecule has 1 atom stereocenters. The molecule has 1 unspecified atom stereocenters. The number of hydrogen-bond acceptors (Lipinski definition) is 4. The standard InChI is InChI=1S/C22H23N3O2S/c1-25(18-11-6-3-7-12-18)15-14-23-22(27)20(17-9-4-2-5-10-17)24-21(26)19-13-8-16-28-19/h2-13,16,20H,14-15H2,1H3,(H,23,27)(H,24,26). The van der Waals surface area contributed by atoms with E-state index in [-0.39, 0.29) is 11.8 Å². The van der Waals surface area contributed by atoms with Gasteiger partial charge in [0.2, 0.25) is 5.91 Å². The van der Waals surface area contributed by atoms with Crippen molar-refractivity contribution in [3.8, 4) is 0 Å². The van der Waals surface area contributed by atoms with Crippen molar-refractivity contribution in [2.24, 2.45) is 0 Å². The van der Waals surface area contributed by atoms with Crippen molar-refractivity contribution in [1.29, 1.82) is 0 Å². The molecule has 0 aliphatic carbocycles. The lowest BCUT2D eigenvalue weighted by Crippen LogP contribution is -2.42. The van der Waals surface area contributed by atoms with Crippen molar-refractivity contribution in [1.82, 2.24) is 10.6 Å². The zero-order valence-corrected chi connectivity index (χ0v) is 16.5. The second-order valence-corrected chi connectivity index (χ2v) is 7.29. The molecule has 2 N–H and O–H groups in total. The Morgan fingerprint density at radius 1 is 0.964 bits per heavy atom. The van der Waals surface area contributed by atoms with Crippen LogP contribution in [-0.4, -0.2) is 32.0 Å². The highest BCUT2D eigenvalue weighted by atomic mass is 32.1. The van der Waals surface area contributed by atoms with Crippen LogP contribution < -0.4 is 15.5 Å². The summed E-state index contributed by atoms with van der Waals surface area (Å²) < 4.78 is 0. The van der Waals surface area contributed by atoms with Crippen molar-refractivity contribution < 1.29 is 9.59 Å². The van der Waals surface area contributed by atoms with Gasteiger partial charge in [0.1, 0.15) is 6.04 Å². The number of carbonyl (C=O) groups excluding carboxylic acids is 2. The molecule has 0 radical (unpaired) electrons. The number of carbonyl (C=O) groups is 2. The summed E-state index contributed by atoms with van der Waals surface area (Å²) in [5, 5.41) is 7.63. The molecule has 0 saturated carbocycles. The number of likely N-dealkylation sites (N-methyl/N-ethyl adjacent to an activating group) is 1. The van der Waals surface area contributed by atoms with Crippen LogP contribution in [0.2, 0.25) is 0 Å². The van der Waals surface area contributed by atoms with E-state index >= 15 is 0 Å². The summed E-state index contributed by atoms with van der Waals surface area (Å²) in [5.74, 6) is -0.474. The smallest absolute Gasteiger partial charge is 0.262 e. The maximum atomic E-state index is 12.8. The summed E-state index contributed by atoms with van der Waals surface area (Å²) in [5.41, 5.74) is 1.84. The van der Waals surface area contributed by atoms with E-state index in [0.717, 1.165) is 11.3 Å². The van der Waals surface area contributed by atoms with Crippen LogP contribution in [0.3, 0.4) is 0 Å². The highest BCUT2D eigenvalue weighted by molar-refractivity contribution is 7.12. The number of nitrogens with zero attached hydrogens (tertiary/aromatic N) is 1. The Labute approximate surface area is 169 Å². The van der Waals surface area contributed by atoms with Gasteiger partial charge in [0.05, 0.1) is 4.88 Å². The average Bonchev–Trinajstić information content (AvgIpc) is 3.28. The number of rotatable bonds is 8. The molecule has 5 nitrogen and oxygen atoms in total. The van der Waals surface area contributed by atoms with Crippen LogP contribution in [-0.2, 0) is 4.79 Å². The first-order chi connectivity index (χ1) is 13.6. The number of anilines is 1. The minimum absolute atomic E-state index is 0.224. The zero-order valence-electron chi connectivity index (χ0n) is 15.7. The van der Waals surface area contributed by atoms with Gasteiger partial charge in [-0.3, -0.25) is 9.59 Å². The number of amides is 2. The number of para-hydroxylation sites is 1. The third-order valence-corrected chi connectivity index (χ3v) is 5.23. The van der Waals surface area contributed by atoms with E-state index in [9.17, 15) is 9.59 Å².